The van der Waals surface area contributed by atoms with E-state index < -0.39 is 0 Å². The van der Waals surface area contributed by atoms with Crippen molar-refractivity contribution in [3.05, 3.63) is 47.8 Å². The molecular formula is C23H36IN5O. The summed E-state index contributed by atoms with van der Waals surface area (Å²) in [5.41, 5.74) is 3.48. The van der Waals surface area contributed by atoms with Crippen molar-refractivity contribution in [1.82, 2.24) is 20.0 Å². The average molecular weight is 525 g/mol. The quantitative estimate of drug-likeness (QED) is 0.208. The highest BCUT2D eigenvalue weighted by molar-refractivity contribution is 14.0. The van der Waals surface area contributed by atoms with Gasteiger partial charge in [0.15, 0.2) is 5.96 Å². The molecular weight excluding hydrogens is 489 g/mol. The molecule has 7 heteroatoms. The predicted molar refractivity (Wildman–Crippen MR) is 134 cm³/mol. The number of aromatic nitrogens is 2. The first-order valence-electron chi connectivity index (χ1n) is 10.8. The summed E-state index contributed by atoms with van der Waals surface area (Å²) in [6.07, 6.45) is 6.80. The second-order valence-electron chi connectivity index (χ2n) is 7.80. The minimum Gasteiger partial charge on any atom is -0.379 e. The number of ether oxygens (including phenoxy) is 1. The molecule has 0 aliphatic heterocycles. The second-order valence-corrected chi connectivity index (χ2v) is 7.80. The van der Waals surface area contributed by atoms with Gasteiger partial charge in [0.25, 0.3) is 0 Å². The first-order valence-corrected chi connectivity index (χ1v) is 10.8. The third-order valence-corrected chi connectivity index (χ3v) is 5.21. The van der Waals surface area contributed by atoms with Crippen LogP contribution in [0.1, 0.15) is 37.4 Å². The molecule has 1 fully saturated rings. The maximum atomic E-state index is 5.76. The van der Waals surface area contributed by atoms with Crippen molar-refractivity contribution in [2.24, 2.45) is 10.9 Å². The summed E-state index contributed by atoms with van der Waals surface area (Å²) in [6, 6.07) is 10.3. The Bertz CT molecular complexity index is 773. The van der Waals surface area contributed by atoms with Gasteiger partial charge in [0.05, 0.1) is 18.0 Å². The number of nitrogens with one attached hydrogen (secondary N) is 1. The number of aryl methyl sites for hydroxylation is 2. The summed E-state index contributed by atoms with van der Waals surface area (Å²) in [5, 5.41) is 8.04. The summed E-state index contributed by atoms with van der Waals surface area (Å²) in [7, 11) is 2.08. The maximum absolute atomic E-state index is 5.76. The topological polar surface area (TPSA) is 54.7 Å². The Morgan fingerprint density at radius 2 is 2.07 bits per heavy atom. The van der Waals surface area contributed by atoms with Crippen LogP contribution in [0.25, 0.3) is 5.69 Å². The van der Waals surface area contributed by atoms with Gasteiger partial charge >= 0.3 is 0 Å². The van der Waals surface area contributed by atoms with E-state index in [4.69, 9.17) is 9.73 Å². The van der Waals surface area contributed by atoms with Gasteiger partial charge in [-0.05, 0) is 63.1 Å². The molecule has 0 unspecified atom stereocenters. The lowest BCUT2D eigenvalue weighted by Crippen LogP contribution is -2.40. The highest BCUT2D eigenvalue weighted by Gasteiger charge is 2.21. The maximum Gasteiger partial charge on any atom is 0.193 e. The lowest BCUT2D eigenvalue weighted by atomic mass is 10.1. The van der Waals surface area contributed by atoms with Crippen LogP contribution in [0.5, 0.6) is 0 Å². The molecule has 30 heavy (non-hydrogen) atoms. The number of aliphatic imine (C=N–C) groups is 1. The van der Waals surface area contributed by atoms with E-state index in [2.05, 4.69) is 54.5 Å². The van der Waals surface area contributed by atoms with Crippen LogP contribution in [0.4, 0.5) is 0 Å². The highest BCUT2D eigenvalue weighted by atomic mass is 127. The largest absolute Gasteiger partial charge is 0.379 e. The van der Waals surface area contributed by atoms with Crippen LogP contribution < -0.4 is 5.32 Å². The smallest absolute Gasteiger partial charge is 0.193 e. The molecule has 0 amide bonds. The van der Waals surface area contributed by atoms with Gasteiger partial charge in [-0.3, -0.25) is 4.99 Å². The third kappa shape index (κ3) is 7.91. The van der Waals surface area contributed by atoms with Gasteiger partial charge in [-0.1, -0.05) is 18.2 Å². The Balaban J connectivity index is 0.00000320. The van der Waals surface area contributed by atoms with E-state index in [9.17, 15) is 0 Å². The van der Waals surface area contributed by atoms with Crippen molar-refractivity contribution in [1.29, 1.82) is 0 Å². The van der Waals surface area contributed by atoms with E-state index in [-0.39, 0.29) is 24.0 Å². The SMILES string of the molecule is CCNC(=NCCCc1cn(-c2ccccc2)nc1C)N(C)CCOCC1CC1.I. The van der Waals surface area contributed by atoms with Crippen LogP contribution in [0.15, 0.2) is 41.5 Å². The molecule has 2 aromatic rings. The van der Waals surface area contributed by atoms with Crippen molar-refractivity contribution in [2.75, 3.05) is 39.9 Å². The molecule has 1 aliphatic rings. The van der Waals surface area contributed by atoms with Crippen LogP contribution >= 0.6 is 24.0 Å². The second kappa shape index (κ2) is 12.9. The standard InChI is InChI=1S/C23H35N5O.HI/c1-4-24-23(27(3)15-16-29-18-20-12-13-20)25-14-8-9-21-17-28(26-19(21)2)22-10-6-5-7-11-22;/h5-7,10-11,17,20H,4,8-9,12-16,18H2,1-3H3,(H,24,25);1H. The minimum absolute atomic E-state index is 0. The monoisotopic (exact) mass is 525 g/mol. The normalized spacial score (nSPS) is 13.8. The van der Waals surface area contributed by atoms with Gasteiger partial charge in [-0.25, -0.2) is 4.68 Å². The number of para-hydroxylation sites is 1. The fourth-order valence-electron chi connectivity index (χ4n) is 3.22. The molecule has 166 valence electrons. The van der Waals surface area contributed by atoms with Crippen LogP contribution in [0, 0.1) is 12.8 Å². The number of likely N-dealkylation sites (N-methyl/N-ethyl adjacent to an activating group) is 1. The van der Waals surface area contributed by atoms with E-state index in [0.717, 1.165) is 68.9 Å². The first-order chi connectivity index (χ1) is 14.2. The molecule has 1 N–H and O–H groups in total. The van der Waals surface area contributed by atoms with E-state index in [0.29, 0.717) is 0 Å². The lowest BCUT2D eigenvalue weighted by Gasteiger charge is -2.22. The Morgan fingerprint density at radius 3 is 2.77 bits per heavy atom. The number of hydrogen-bond donors (Lipinski definition) is 1. The van der Waals surface area contributed by atoms with Gasteiger partial charge in [-0.15, -0.1) is 24.0 Å². The zero-order valence-corrected chi connectivity index (χ0v) is 20.8. The molecule has 1 heterocycles. The molecule has 0 bridgehead atoms. The number of rotatable bonds is 11. The van der Waals surface area contributed by atoms with Crippen LogP contribution in [0.3, 0.4) is 0 Å². The first kappa shape index (κ1) is 24.7. The number of guanidine groups is 1. The number of hydrogen-bond acceptors (Lipinski definition) is 3. The zero-order chi connectivity index (χ0) is 20.5. The van der Waals surface area contributed by atoms with Crippen molar-refractivity contribution >= 4 is 29.9 Å². The third-order valence-electron chi connectivity index (χ3n) is 5.21. The molecule has 6 nitrogen and oxygen atoms in total. The molecule has 1 saturated carbocycles. The van der Waals surface area contributed by atoms with Gasteiger partial charge in [-0.2, -0.15) is 5.10 Å². The fourth-order valence-corrected chi connectivity index (χ4v) is 3.22. The van der Waals surface area contributed by atoms with Crippen molar-refractivity contribution in [2.45, 2.75) is 39.5 Å². The fraction of sp³-hybridized carbons (Fsp3) is 0.565. The molecule has 1 aliphatic carbocycles. The molecule has 3 rings (SSSR count). The minimum atomic E-state index is 0. The Morgan fingerprint density at radius 1 is 1.30 bits per heavy atom. The van der Waals surface area contributed by atoms with E-state index in [1.807, 2.05) is 22.9 Å². The van der Waals surface area contributed by atoms with Crippen LogP contribution in [-0.2, 0) is 11.2 Å². The number of benzene rings is 1. The van der Waals surface area contributed by atoms with Gasteiger partial charge in [0, 0.05) is 39.5 Å². The summed E-state index contributed by atoms with van der Waals surface area (Å²) in [5.74, 6) is 1.77. The van der Waals surface area contributed by atoms with E-state index in [1.54, 1.807) is 0 Å². The molecule has 0 radical (unpaired) electrons. The van der Waals surface area contributed by atoms with Gasteiger partial charge in [0.1, 0.15) is 0 Å². The van der Waals surface area contributed by atoms with Gasteiger partial charge in [0.2, 0.25) is 0 Å². The summed E-state index contributed by atoms with van der Waals surface area (Å²) in [4.78, 5) is 6.96. The molecule has 0 saturated heterocycles. The molecule has 1 aromatic carbocycles. The summed E-state index contributed by atoms with van der Waals surface area (Å²) >= 11 is 0. The van der Waals surface area contributed by atoms with E-state index >= 15 is 0 Å². The van der Waals surface area contributed by atoms with Gasteiger partial charge < -0.3 is 15.0 Å². The van der Waals surface area contributed by atoms with Crippen molar-refractivity contribution in [3.8, 4) is 5.69 Å². The van der Waals surface area contributed by atoms with Crippen LogP contribution in [0.2, 0.25) is 0 Å². The number of nitrogens with zero attached hydrogens (tertiary/aromatic N) is 4. The Labute approximate surface area is 198 Å². The average Bonchev–Trinajstić information content (AvgIpc) is 3.49. The summed E-state index contributed by atoms with van der Waals surface area (Å²) in [6.45, 7) is 8.39. The van der Waals surface area contributed by atoms with E-state index in [1.165, 1.54) is 18.4 Å². The number of halogens is 1. The molecule has 0 spiro atoms. The predicted octanol–water partition coefficient (Wildman–Crippen LogP) is 4.06. The highest BCUT2D eigenvalue weighted by Crippen LogP contribution is 2.28. The molecule has 0 atom stereocenters. The van der Waals surface area contributed by atoms with Crippen LogP contribution in [-0.4, -0.2) is 60.5 Å². The van der Waals surface area contributed by atoms with Crippen molar-refractivity contribution < 1.29 is 4.74 Å². The lowest BCUT2D eigenvalue weighted by molar-refractivity contribution is 0.115. The molecule has 1 aromatic heterocycles. The zero-order valence-electron chi connectivity index (χ0n) is 18.5. The van der Waals surface area contributed by atoms with Crippen molar-refractivity contribution in [3.63, 3.8) is 0 Å². The summed E-state index contributed by atoms with van der Waals surface area (Å²) < 4.78 is 7.72. The Hall–Kier alpha value is -1.61. The Kier molecular flexibility index (Phi) is 10.6.